The second-order valence-electron chi connectivity index (χ2n) is 4.94. The number of aryl methyl sites for hydroxylation is 1. The summed E-state index contributed by atoms with van der Waals surface area (Å²) in [6.07, 6.45) is 0.382. The Morgan fingerprint density at radius 3 is 2.59 bits per heavy atom. The van der Waals surface area contributed by atoms with Gasteiger partial charge in [0, 0.05) is 23.1 Å². The van der Waals surface area contributed by atoms with Gasteiger partial charge in [-0.2, -0.15) is 0 Å². The predicted octanol–water partition coefficient (Wildman–Crippen LogP) is 4.21. The number of hydrogen-bond acceptors (Lipinski definition) is 3. The van der Waals surface area contributed by atoms with Crippen LogP contribution < -0.4 is 15.4 Å². The van der Waals surface area contributed by atoms with Gasteiger partial charge >= 0.3 is 0 Å². The number of carbonyl (C=O) groups is 1. The zero-order valence-electron chi connectivity index (χ0n) is 12.7. The normalized spacial score (nSPS) is 10.1. The topological polar surface area (TPSA) is 50.4 Å². The fourth-order valence-corrected chi connectivity index (χ4v) is 2.28. The lowest BCUT2D eigenvalue weighted by Crippen LogP contribution is -2.16. The summed E-state index contributed by atoms with van der Waals surface area (Å²) in [5.41, 5.74) is 2.77. The Bertz CT molecular complexity index is 642. The second kappa shape index (κ2) is 7.84. The fourth-order valence-electron chi connectivity index (χ4n) is 2.02. The van der Waals surface area contributed by atoms with E-state index in [2.05, 4.69) is 26.6 Å². The Hall–Kier alpha value is -2.01. The molecule has 0 aliphatic carbocycles. The van der Waals surface area contributed by atoms with E-state index in [4.69, 9.17) is 4.74 Å². The molecular formula is C17H19BrN2O2. The number of ether oxygens (including phenoxy) is 1. The maximum Gasteiger partial charge on any atom is 0.226 e. The molecule has 22 heavy (non-hydrogen) atoms. The van der Waals surface area contributed by atoms with Crippen LogP contribution in [-0.4, -0.2) is 19.6 Å². The number of hydrogen-bond donors (Lipinski definition) is 2. The van der Waals surface area contributed by atoms with E-state index in [0.29, 0.717) is 24.4 Å². The maximum atomic E-state index is 12.0. The van der Waals surface area contributed by atoms with Crippen molar-refractivity contribution in [2.24, 2.45) is 0 Å². The Morgan fingerprint density at radius 2 is 1.91 bits per heavy atom. The number of amides is 1. The van der Waals surface area contributed by atoms with Crippen LogP contribution >= 0.6 is 15.9 Å². The molecule has 0 spiro atoms. The van der Waals surface area contributed by atoms with Crippen molar-refractivity contribution >= 4 is 33.2 Å². The first-order valence-electron chi connectivity index (χ1n) is 7.02. The number of methoxy groups -OCH3 is 1. The van der Waals surface area contributed by atoms with Crippen LogP contribution in [0.1, 0.15) is 12.0 Å². The van der Waals surface area contributed by atoms with Crippen LogP contribution in [0, 0.1) is 6.92 Å². The molecule has 0 unspecified atom stereocenters. The average molecular weight is 363 g/mol. The van der Waals surface area contributed by atoms with Crippen LogP contribution in [0.3, 0.4) is 0 Å². The van der Waals surface area contributed by atoms with E-state index < -0.39 is 0 Å². The minimum atomic E-state index is -0.0477. The number of benzene rings is 2. The number of carbonyl (C=O) groups excluding carboxylic acids is 1. The van der Waals surface area contributed by atoms with E-state index in [-0.39, 0.29) is 5.91 Å². The highest BCUT2D eigenvalue weighted by atomic mass is 79.9. The third-order valence-corrected chi connectivity index (χ3v) is 3.68. The molecular weight excluding hydrogens is 344 g/mol. The molecule has 0 saturated carbocycles. The van der Waals surface area contributed by atoms with Crippen molar-refractivity contribution < 1.29 is 9.53 Å². The average Bonchev–Trinajstić information content (AvgIpc) is 2.49. The summed E-state index contributed by atoms with van der Waals surface area (Å²) in [5.74, 6) is 0.619. The summed E-state index contributed by atoms with van der Waals surface area (Å²) in [7, 11) is 1.59. The molecule has 0 saturated heterocycles. The molecule has 0 atom stereocenters. The summed E-state index contributed by atoms with van der Waals surface area (Å²) >= 11 is 3.39. The summed E-state index contributed by atoms with van der Waals surface area (Å²) in [6.45, 7) is 2.55. The number of rotatable bonds is 6. The minimum absolute atomic E-state index is 0.0477. The van der Waals surface area contributed by atoms with Gasteiger partial charge in [0.05, 0.1) is 12.8 Å². The second-order valence-corrected chi connectivity index (χ2v) is 5.85. The first-order chi connectivity index (χ1) is 10.6. The summed E-state index contributed by atoms with van der Waals surface area (Å²) in [6, 6.07) is 13.5. The zero-order valence-corrected chi connectivity index (χ0v) is 14.2. The lowest BCUT2D eigenvalue weighted by molar-refractivity contribution is -0.115. The van der Waals surface area contributed by atoms with Crippen molar-refractivity contribution in [3.8, 4) is 5.75 Å². The molecule has 5 heteroatoms. The molecule has 2 N–H and O–H groups in total. The van der Waals surface area contributed by atoms with Crippen LogP contribution in [0.4, 0.5) is 11.4 Å². The number of nitrogens with one attached hydrogen (secondary N) is 2. The molecule has 0 aromatic heterocycles. The maximum absolute atomic E-state index is 12.0. The first kappa shape index (κ1) is 16.4. The van der Waals surface area contributed by atoms with Gasteiger partial charge in [0.2, 0.25) is 5.91 Å². The van der Waals surface area contributed by atoms with Crippen molar-refractivity contribution in [1.29, 1.82) is 0 Å². The van der Waals surface area contributed by atoms with Crippen molar-refractivity contribution in [1.82, 2.24) is 0 Å². The molecule has 116 valence electrons. The lowest BCUT2D eigenvalue weighted by Gasteiger charge is -2.11. The molecule has 1 amide bonds. The Morgan fingerprint density at radius 1 is 1.18 bits per heavy atom. The van der Waals surface area contributed by atoms with E-state index in [9.17, 15) is 4.79 Å². The molecule has 0 fully saturated rings. The van der Waals surface area contributed by atoms with Gasteiger partial charge in [-0.1, -0.05) is 22.0 Å². The highest BCUT2D eigenvalue weighted by Crippen LogP contribution is 2.25. The van der Waals surface area contributed by atoms with E-state index in [1.807, 2.05) is 49.4 Å². The molecule has 0 heterocycles. The van der Waals surface area contributed by atoms with Gasteiger partial charge in [-0.05, 0) is 48.9 Å². The van der Waals surface area contributed by atoms with Gasteiger partial charge in [-0.3, -0.25) is 4.79 Å². The van der Waals surface area contributed by atoms with Crippen LogP contribution in [0.5, 0.6) is 5.75 Å². The molecule has 0 aliphatic heterocycles. The molecule has 2 rings (SSSR count). The van der Waals surface area contributed by atoms with E-state index in [1.54, 1.807) is 7.11 Å². The minimum Gasteiger partial charge on any atom is -0.495 e. The first-order valence-corrected chi connectivity index (χ1v) is 7.81. The van der Waals surface area contributed by atoms with Crippen LogP contribution in [0.25, 0.3) is 0 Å². The Kier molecular flexibility index (Phi) is 5.83. The highest BCUT2D eigenvalue weighted by Gasteiger charge is 2.07. The largest absolute Gasteiger partial charge is 0.495 e. The van der Waals surface area contributed by atoms with Gasteiger partial charge in [-0.15, -0.1) is 0 Å². The molecule has 2 aromatic rings. The Balaban J connectivity index is 1.85. The van der Waals surface area contributed by atoms with Crippen LogP contribution in [-0.2, 0) is 4.79 Å². The quantitative estimate of drug-likeness (QED) is 0.809. The third kappa shape index (κ3) is 4.77. The number of halogens is 1. The predicted molar refractivity (Wildman–Crippen MR) is 93.6 cm³/mol. The van der Waals surface area contributed by atoms with Crippen molar-refractivity contribution in [2.45, 2.75) is 13.3 Å². The van der Waals surface area contributed by atoms with E-state index in [1.165, 1.54) is 0 Å². The van der Waals surface area contributed by atoms with Crippen LogP contribution in [0.2, 0.25) is 0 Å². The van der Waals surface area contributed by atoms with Gasteiger partial charge in [0.1, 0.15) is 5.75 Å². The van der Waals surface area contributed by atoms with Gasteiger partial charge in [0.15, 0.2) is 0 Å². The standard InChI is InChI=1S/C17H19BrN2O2/c1-12-3-8-16(22-2)15(11-12)20-17(21)9-10-19-14-6-4-13(18)5-7-14/h3-8,11,19H,9-10H2,1-2H3,(H,20,21). The summed E-state index contributed by atoms with van der Waals surface area (Å²) in [5, 5.41) is 6.10. The zero-order chi connectivity index (χ0) is 15.9. The van der Waals surface area contributed by atoms with Gasteiger partial charge < -0.3 is 15.4 Å². The summed E-state index contributed by atoms with van der Waals surface area (Å²) < 4.78 is 6.28. The molecule has 0 bridgehead atoms. The van der Waals surface area contributed by atoms with Gasteiger partial charge in [-0.25, -0.2) is 0 Å². The molecule has 2 aromatic carbocycles. The lowest BCUT2D eigenvalue weighted by atomic mass is 10.2. The molecule has 0 radical (unpaired) electrons. The smallest absolute Gasteiger partial charge is 0.226 e. The van der Waals surface area contributed by atoms with Gasteiger partial charge in [0.25, 0.3) is 0 Å². The molecule has 4 nitrogen and oxygen atoms in total. The van der Waals surface area contributed by atoms with Crippen molar-refractivity contribution in [2.75, 3.05) is 24.3 Å². The SMILES string of the molecule is COc1ccc(C)cc1NC(=O)CCNc1ccc(Br)cc1. The van der Waals surface area contributed by atoms with Crippen molar-refractivity contribution in [3.05, 3.63) is 52.5 Å². The monoisotopic (exact) mass is 362 g/mol. The van der Waals surface area contributed by atoms with Crippen LogP contribution in [0.15, 0.2) is 46.9 Å². The number of anilines is 2. The van der Waals surface area contributed by atoms with E-state index >= 15 is 0 Å². The summed E-state index contributed by atoms with van der Waals surface area (Å²) in [4.78, 5) is 12.0. The van der Waals surface area contributed by atoms with E-state index in [0.717, 1.165) is 15.7 Å². The third-order valence-electron chi connectivity index (χ3n) is 3.15. The molecule has 0 aliphatic rings. The van der Waals surface area contributed by atoms with Crippen molar-refractivity contribution in [3.63, 3.8) is 0 Å². The Labute approximate surface area is 139 Å². The fraction of sp³-hybridized carbons (Fsp3) is 0.235. The highest BCUT2D eigenvalue weighted by molar-refractivity contribution is 9.10.